The molecule has 0 unspecified atom stereocenters. The summed E-state index contributed by atoms with van der Waals surface area (Å²) in [6.45, 7) is 3.39. The van der Waals surface area contributed by atoms with Gasteiger partial charge in [0.1, 0.15) is 18.9 Å². The number of benzene rings is 1. The first kappa shape index (κ1) is 13.0. The number of carbonyl (C=O) groups is 1. The van der Waals surface area contributed by atoms with Gasteiger partial charge in [-0.25, -0.2) is 0 Å². The van der Waals surface area contributed by atoms with Crippen LogP contribution in [0.1, 0.15) is 23.0 Å². The Morgan fingerprint density at radius 1 is 1.40 bits per heavy atom. The van der Waals surface area contributed by atoms with Crippen molar-refractivity contribution in [3.8, 4) is 11.5 Å². The maximum Gasteiger partial charge on any atom is 0.216 e. The van der Waals surface area contributed by atoms with Gasteiger partial charge in [0, 0.05) is 6.54 Å². The maximum atomic E-state index is 12.7. The Kier molecular flexibility index (Phi) is 3.36. The second-order valence-corrected chi connectivity index (χ2v) is 4.72. The number of para-hydroxylation sites is 1. The number of halogens is 1. The minimum absolute atomic E-state index is 0.211. The van der Waals surface area contributed by atoms with Crippen molar-refractivity contribution >= 4 is 17.4 Å². The summed E-state index contributed by atoms with van der Waals surface area (Å²) in [6, 6.07) is 5.25. The summed E-state index contributed by atoms with van der Waals surface area (Å²) in [6.07, 6.45) is 1.48. The summed E-state index contributed by atoms with van der Waals surface area (Å²) in [5.74, 6) is 0.848. The number of fused-ring (bicyclic) bond motifs is 1. The van der Waals surface area contributed by atoms with Crippen LogP contribution in [0.15, 0.2) is 24.4 Å². The quantitative estimate of drug-likeness (QED) is 0.816. The maximum absolute atomic E-state index is 12.7. The fraction of sp³-hybridized carbons (Fsp3) is 0.286. The highest BCUT2D eigenvalue weighted by Crippen LogP contribution is 2.35. The monoisotopic (exact) mass is 292 g/mol. The van der Waals surface area contributed by atoms with E-state index in [0.717, 1.165) is 0 Å². The van der Waals surface area contributed by atoms with Crippen molar-refractivity contribution in [2.45, 2.75) is 13.5 Å². The lowest BCUT2D eigenvalue weighted by atomic mass is 10.1. The first-order valence-corrected chi connectivity index (χ1v) is 6.74. The fourth-order valence-electron chi connectivity index (χ4n) is 2.21. The largest absolute Gasteiger partial charge is 0.486 e. The third-order valence-corrected chi connectivity index (χ3v) is 3.40. The van der Waals surface area contributed by atoms with E-state index >= 15 is 0 Å². The van der Waals surface area contributed by atoms with E-state index < -0.39 is 0 Å². The third kappa shape index (κ3) is 2.04. The Bertz CT molecular complexity index is 666. The number of ketones is 1. The Balaban J connectivity index is 2.09. The van der Waals surface area contributed by atoms with Crippen molar-refractivity contribution in [2.75, 3.05) is 13.2 Å². The molecule has 20 heavy (non-hydrogen) atoms. The Morgan fingerprint density at radius 2 is 2.20 bits per heavy atom. The zero-order chi connectivity index (χ0) is 14.1. The van der Waals surface area contributed by atoms with Crippen LogP contribution in [0.5, 0.6) is 11.5 Å². The van der Waals surface area contributed by atoms with Gasteiger partial charge in [-0.3, -0.25) is 9.48 Å². The molecule has 1 aromatic heterocycles. The van der Waals surface area contributed by atoms with Crippen molar-refractivity contribution in [3.05, 3.63) is 40.7 Å². The molecule has 2 aromatic rings. The van der Waals surface area contributed by atoms with Gasteiger partial charge in [0.25, 0.3) is 0 Å². The molecule has 0 radical (unpaired) electrons. The molecule has 1 aromatic carbocycles. The van der Waals surface area contributed by atoms with Crippen LogP contribution in [0, 0.1) is 0 Å². The summed E-state index contributed by atoms with van der Waals surface area (Å²) in [4.78, 5) is 12.7. The molecule has 0 saturated carbocycles. The fourth-order valence-corrected chi connectivity index (χ4v) is 2.44. The molecule has 0 saturated heterocycles. The van der Waals surface area contributed by atoms with E-state index in [0.29, 0.717) is 47.5 Å². The van der Waals surface area contributed by atoms with Crippen LogP contribution in [0.3, 0.4) is 0 Å². The highest BCUT2D eigenvalue weighted by Gasteiger charge is 2.25. The number of hydrogen-bond acceptors (Lipinski definition) is 4. The van der Waals surface area contributed by atoms with E-state index in [4.69, 9.17) is 21.1 Å². The SMILES string of the molecule is CCn1ncc(Cl)c1C(=O)c1cccc2c1OCCO2. The molecule has 5 nitrogen and oxygen atoms in total. The van der Waals surface area contributed by atoms with Crippen molar-refractivity contribution < 1.29 is 14.3 Å². The molecule has 0 bridgehead atoms. The molecule has 0 N–H and O–H groups in total. The van der Waals surface area contributed by atoms with Crippen molar-refractivity contribution in [1.29, 1.82) is 0 Å². The normalized spacial score (nSPS) is 13.3. The summed E-state index contributed by atoms with van der Waals surface area (Å²) < 4.78 is 12.6. The number of carbonyl (C=O) groups excluding carboxylic acids is 1. The Labute approximate surface area is 121 Å². The summed E-state index contributed by atoms with van der Waals surface area (Å²) in [7, 11) is 0. The first-order valence-electron chi connectivity index (χ1n) is 6.37. The zero-order valence-corrected chi connectivity index (χ0v) is 11.7. The lowest BCUT2D eigenvalue weighted by Crippen LogP contribution is -2.19. The van der Waals surface area contributed by atoms with Gasteiger partial charge in [-0.05, 0) is 19.1 Å². The molecule has 0 spiro atoms. The topological polar surface area (TPSA) is 53.4 Å². The van der Waals surface area contributed by atoms with Crippen molar-refractivity contribution in [3.63, 3.8) is 0 Å². The molecule has 0 aliphatic carbocycles. The van der Waals surface area contributed by atoms with Crippen molar-refractivity contribution in [2.24, 2.45) is 0 Å². The molecular weight excluding hydrogens is 280 g/mol. The zero-order valence-electron chi connectivity index (χ0n) is 10.9. The minimum Gasteiger partial charge on any atom is -0.486 e. The van der Waals surface area contributed by atoms with Crippen LogP contribution in [0.2, 0.25) is 5.02 Å². The molecule has 3 rings (SSSR count). The Hall–Kier alpha value is -2.01. The number of aryl methyl sites for hydroxylation is 1. The Morgan fingerprint density at radius 3 is 3.00 bits per heavy atom. The van der Waals surface area contributed by atoms with E-state index in [9.17, 15) is 4.79 Å². The number of rotatable bonds is 3. The van der Waals surface area contributed by atoms with E-state index in [2.05, 4.69) is 5.10 Å². The summed E-state index contributed by atoms with van der Waals surface area (Å²) in [5.41, 5.74) is 0.816. The van der Waals surface area contributed by atoms with Gasteiger partial charge in [-0.15, -0.1) is 0 Å². The van der Waals surface area contributed by atoms with Crippen LogP contribution < -0.4 is 9.47 Å². The average molecular weight is 293 g/mol. The van der Waals surface area contributed by atoms with Crippen molar-refractivity contribution in [1.82, 2.24) is 9.78 Å². The predicted octanol–water partition coefficient (Wildman–Crippen LogP) is 2.56. The predicted molar refractivity (Wildman–Crippen MR) is 73.8 cm³/mol. The molecule has 0 amide bonds. The molecule has 6 heteroatoms. The number of ether oxygens (including phenoxy) is 2. The number of nitrogens with zero attached hydrogens (tertiary/aromatic N) is 2. The standard InChI is InChI=1S/C14H13ClN2O3/c1-2-17-12(10(15)8-16-17)13(18)9-4-3-5-11-14(9)20-7-6-19-11/h3-5,8H,2,6-7H2,1H3. The third-order valence-electron chi connectivity index (χ3n) is 3.12. The molecule has 104 valence electrons. The smallest absolute Gasteiger partial charge is 0.216 e. The van der Waals surface area contributed by atoms with Gasteiger partial charge in [0.2, 0.25) is 5.78 Å². The lowest BCUT2D eigenvalue weighted by molar-refractivity contribution is 0.101. The molecule has 0 atom stereocenters. The highest BCUT2D eigenvalue weighted by atomic mass is 35.5. The van der Waals surface area contributed by atoms with Gasteiger partial charge >= 0.3 is 0 Å². The van der Waals surface area contributed by atoms with Gasteiger partial charge in [0.15, 0.2) is 11.5 Å². The van der Waals surface area contributed by atoms with Crippen LogP contribution in [-0.2, 0) is 6.54 Å². The molecule has 1 aliphatic heterocycles. The second-order valence-electron chi connectivity index (χ2n) is 4.32. The molecule has 1 aliphatic rings. The van der Waals surface area contributed by atoms with Crippen LogP contribution in [0.4, 0.5) is 0 Å². The first-order chi connectivity index (χ1) is 9.72. The van der Waals surface area contributed by atoms with E-state index in [-0.39, 0.29) is 5.78 Å². The van der Waals surface area contributed by atoms with Gasteiger partial charge in [-0.1, -0.05) is 17.7 Å². The van der Waals surface area contributed by atoms with E-state index in [1.165, 1.54) is 6.20 Å². The molecular formula is C14H13ClN2O3. The van der Waals surface area contributed by atoms with Gasteiger partial charge < -0.3 is 9.47 Å². The van der Waals surface area contributed by atoms with Gasteiger partial charge in [0.05, 0.1) is 16.8 Å². The minimum atomic E-state index is -0.211. The number of hydrogen-bond donors (Lipinski definition) is 0. The highest BCUT2D eigenvalue weighted by molar-refractivity contribution is 6.34. The van der Waals surface area contributed by atoms with Crippen LogP contribution >= 0.6 is 11.6 Å². The average Bonchev–Trinajstić information content (AvgIpc) is 2.87. The second kappa shape index (κ2) is 5.17. The number of aromatic nitrogens is 2. The van der Waals surface area contributed by atoms with Crippen LogP contribution in [-0.4, -0.2) is 28.8 Å². The van der Waals surface area contributed by atoms with E-state index in [1.807, 2.05) is 6.92 Å². The molecule has 0 fully saturated rings. The summed E-state index contributed by atoms with van der Waals surface area (Å²) >= 11 is 6.08. The summed E-state index contributed by atoms with van der Waals surface area (Å²) in [5, 5.41) is 4.42. The van der Waals surface area contributed by atoms with Crippen LogP contribution in [0.25, 0.3) is 0 Å². The van der Waals surface area contributed by atoms with E-state index in [1.54, 1.807) is 22.9 Å². The van der Waals surface area contributed by atoms with Gasteiger partial charge in [-0.2, -0.15) is 5.10 Å². The molecule has 2 heterocycles. The lowest BCUT2D eigenvalue weighted by Gasteiger charge is -2.20.